The molecule has 7 rings (SSSR count). The van der Waals surface area contributed by atoms with Crippen LogP contribution >= 0.6 is 0 Å². The van der Waals surface area contributed by atoms with Gasteiger partial charge in [0.25, 0.3) is 0 Å². The number of anilines is 1. The summed E-state index contributed by atoms with van der Waals surface area (Å²) in [5, 5.41) is 25.0. The van der Waals surface area contributed by atoms with E-state index in [4.69, 9.17) is 76.8 Å². The van der Waals surface area contributed by atoms with E-state index in [1.807, 2.05) is 0 Å². The Balaban J connectivity index is 0.651. The first-order valence-electron chi connectivity index (χ1n) is 29.5. The fourth-order valence-electron chi connectivity index (χ4n) is 12.1. The first kappa shape index (κ1) is 68.2. The molecule has 2 aromatic carbocycles. The average Bonchev–Trinajstić information content (AvgIpc) is 1.63. The van der Waals surface area contributed by atoms with Gasteiger partial charge >= 0.3 is 0 Å². The molecule has 10 atom stereocenters. The van der Waals surface area contributed by atoms with Crippen molar-refractivity contribution in [1.82, 2.24) is 0 Å². The predicted molar refractivity (Wildman–Crippen MR) is 303 cm³/mol. The van der Waals surface area contributed by atoms with Crippen LogP contribution in [0.3, 0.4) is 0 Å². The predicted octanol–water partition coefficient (Wildman–Crippen LogP) is 4.61. The van der Waals surface area contributed by atoms with Crippen molar-refractivity contribution in [3.8, 4) is 11.5 Å². The molecule has 5 aliphatic rings. The highest BCUT2D eigenvalue weighted by Crippen LogP contribution is 2.72. The molecule has 24 heteroatoms. The van der Waals surface area contributed by atoms with Gasteiger partial charge in [0.15, 0.2) is 29.1 Å². The number of alkyl halides is 2. The molecule has 4 aliphatic carbocycles. The summed E-state index contributed by atoms with van der Waals surface area (Å²) in [6.07, 6.45) is -1.79. The van der Waals surface area contributed by atoms with Crippen LogP contribution in [0.2, 0.25) is 0 Å². The number of nitrogens with one attached hydrogen (secondary N) is 1. The Hall–Kier alpha value is -4.29. The Labute approximate surface area is 496 Å². The SMILES string of the molecule is C[C@]12C=CC(=O)C=C1[C@@H](F)C[C@H]1[C@@H]3C[C@H]4OC(c5ccc(Oc6ccc(NC(=O)CCOCCOCCOCCOCCOCCOCCOCCOCCOCCOCCOCCOCCN)cc6)cc5)O[C@@]4(C(=O)CO)[C@@]3(C)C[C@H](O)[C@@]12F. The fourth-order valence-corrected chi connectivity index (χ4v) is 12.1. The van der Waals surface area contributed by atoms with Crippen molar-refractivity contribution in [3.05, 3.63) is 77.9 Å². The number of amides is 1. The first-order valence-corrected chi connectivity index (χ1v) is 29.5. The number of carbonyl (C=O) groups is 3. The van der Waals surface area contributed by atoms with E-state index in [0.717, 1.165) is 6.08 Å². The van der Waals surface area contributed by atoms with E-state index in [1.165, 1.54) is 19.1 Å². The molecule has 0 spiro atoms. The van der Waals surface area contributed by atoms with Gasteiger partial charge in [-0.15, -0.1) is 0 Å². The minimum absolute atomic E-state index is 0.00705. The van der Waals surface area contributed by atoms with E-state index >= 15 is 8.78 Å². The molecule has 1 heterocycles. The number of nitrogens with two attached hydrogens (primary N) is 1. The lowest BCUT2D eigenvalue weighted by Gasteiger charge is -2.63. The topological polar surface area (TPSA) is 268 Å². The quantitative estimate of drug-likeness (QED) is 0.0660. The summed E-state index contributed by atoms with van der Waals surface area (Å²) in [4.78, 5) is 38.8. The Morgan fingerprint density at radius 1 is 0.635 bits per heavy atom. The third-order valence-electron chi connectivity index (χ3n) is 16.3. The van der Waals surface area contributed by atoms with Crippen LogP contribution in [0.1, 0.15) is 51.4 Å². The fraction of sp³-hybridized carbons (Fsp3) is 0.689. The van der Waals surface area contributed by atoms with Gasteiger partial charge in [-0.2, -0.15) is 0 Å². The van der Waals surface area contributed by atoms with Gasteiger partial charge in [0.05, 0.1) is 177 Å². The Kier molecular flexibility index (Phi) is 28.1. The van der Waals surface area contributed by atoms with Gasteiger partial charge in [-0.05, 0) is 86.2 Å². The third kappa shape index (κ3) is 18.2. The zero-order valence-corrected chi connectivity index (χ0v) is 49.1. The van der Waals surface area contributed by atoms with Crippen LogP contribution in [0, 0.1) is 22.7 Å². The van der Waals surface area contributed by atoms with Crippen LogP contribution in [-0.2, 0) is 80.7 Å². The molecule has 2 aromatic rings. The molecule has 0 radical (unpaired) electrons. The van der Waals surface area contributed by atoms with Crippen molar-refractivity contribution in [1.29, 1.82) is 0 Å². The minimum Gasteiger partial charge on any atom is -0.457 e. The zero-order chi connectivity index (χ0) is 60.4. The van der Waals surface area contributed by atoms with Crippen LogP contribution in [0.25, 0.3) is 0 Å². The minimum atomic E-state index is -2.35. The van der Waals surface area contributed by atoms with E-state index in [-0.39, 0.29) is 43.8 Å². The molecule has 22 nitrogen and oxygen atoms in total. The van der Waals surface area contributed by atoms with Crippen molar-refractivity contribution in [3.63, 3.8) is 0 Å². The molecule has 1 aliphatic heterocycles. The lowest BCUT2D eigenvalue weighted by molar-refractivity contribution is -0.235. The molecule has 1 unspecified atom stereocenters. The number of rotatable bonds is 44. The standard InChI is InChI=1S/C61H88F2N2O20/c1-58-13-11-46(67)39-51(58)52(62)40-50-49-41-55-61(54(69)43-66,59(49,2)42-53(68)60(50,58)63)85-57(84-55)44-3-7-47(8-4-44)83-48-9-5-45(6-10-48)65-56(70)12-15-71-17-19-73-21-23-75-25-27-77-29-31-79-33-35-81-37-38-82-36-34-80-32-30-78-28-26-76-24-22-74-20-18-72-16-14-64/h3-11,13,39,49-50,52-53,55,57,66,68H,12,14-38,40-43,64H2,1-2H3,(H,65,70)/t49-,50-,52-,53-,55+,57?,58-,59-,60-,61+/m0/s1. The molecule has 3 saturated carbocycles. The smallest absolute Gasteiger partial charge is 0.226 e. The number of Topliss-reactive ketones (excluding diaryl/α,β-unsaturated/α-hetero) is 1. The van der Waals surface area contributed by atoms with Crippen molar-refractivity contribution < 1.29 is 104 Å². The lowest BCUT2D eigenvalue weighted by Crippen LogP contribution is -2.70. The summed E-state index contributed by atoms with van der Waals surface area (Å²) < 4.78 is 119. The Morgan fingerprint density at radius 2 is 1.07 bits per heavy atom. The average molecular weight is 1210 g/mol. The number of allylic oxidation sites excluding steroid dienone is 4. The Bertz CT molecular complexity index is 2390. The molecule has 1 amide bonds. The summed E-state index contributed by atoms with van der Waals surface area (Å²) in [5.74, 6) is -2.05. The normalized spacial score (nSPS) is 27.5. The van der Waals surface area contributed by atoms with Gasteiger partial charge in [-0.3, -0.25) is 14.4 Å². The summed E-state index contributed by atoms with van der Waals surface area (Å²) in [6, 6.07) is 13.7. The Morgan fingerprint density at radius 3 is 1.52 bits per heavy atom. The summed E-state index contributed by atoms with van der Waals surface area (Å²) in [7, 11) is 0. The largest absolute Gasteiger partial charge is 0.457 e. The maximum atomic E-state index is 17.8. The highest BCUT2D eigenvalue weighted by Gasteiger charge is 2.80. The highest BCUT2D eigenvalue weighted by molar-refractivity contribution is 6.01. The molecular weight excluding hydrogens is 1120 g/mol. The second-order valence-corrected chi connectivity index (χ2v) is 21.6. The molecule has 85 heavy (non-hydrogen) atoms. The highest BCUT2D eigenvalue weighted by atomic mass is 19.1. The number of halogens is 2. The third-order valence-corrected chi connectivity index (χ3v) is 16.3. The number of aliphatic hydroxyl groups excluding tert-OH is 2. The second kappa shape index (κ2) is 35.0. The van der Waals surface area contributed by atoms with E-state index in [0.29, 0.717) is 181 Å². The maximum Gasteiger partial charge on any atom is 0.226 e. The number of ether oxygens (including phenoxy) is 15. The number of aliphatic hydroxyl groups is 2. The van der Waals surface area contributed by atoms with Crippen LogP contribution in [0.15, 0.2) is 72.3 Å². The van der Waals surface area contributed by atoms with Crippen molar-refractivity contribution >= 4 is 23.2 Å². The van der Waals surface area contributed by atoms with Gasteiger partial charge in [0.1, 0.15) is 24.3 Å². The second-order valence-electron chi connectivity index (χ2n) is 21.6. The summed E-state index contributed by atoms with van der Waals surface area (Å²) >= 11 is 0. The van der Waals surface area contributed by atoms with Crippen molar-refractivity contribution in [2.24, 2.45) is 28.4 Å². The van der Waals surface area contributed by atoms with Gasteiger partial charge in [0.2, 0.25) is 5.91 Å². The molecule has 5 N–H and O–H groups in total. The zero-order valence-electron chi connectivity index (χ0n) is 49.1. The molecule has 476 valence electrons. The van der Waals surface area contributed by atoms with Crippen LogP contribution < -0.4 is 15.8 Å². The van der Waals surface area contributed by atoms with E-state index in [9.17, 15) is 24.6 Å². The molecule has 1 saturated heterocycles. The number of hydrogen-bond acceptors (Lipinski definition) is 21. The number of benzene rings is 2. The number of carbonyl (C=O) groups excluding carboxylic acids is 3. The molecule has 0 aromatic heterocycles. The van der Waals surface area contributed by atoms with Crippen molar-refractivity contribution in [2.45, 2.75) is 75.5 Å². The summed E-state index contributed by atoms with van der Waals surface area (Å²) in [6.45, 7) is 13.7. The monoisotopic (exact) mass is 1210 g/mol. The first-order chi connectivity index (χ1) is 41.3. The van der Waals surface area contributed by atoms with Crippen LogP contribution in [0.5, 0.6) is 11.5 Å². The summed E-state index contributed by atoms with van der Waals surface area (Å²) in [5.41, 5.74) is -0.450. The van der Waals surface area contributed by atoms with Gasteiger partial charge in [0, 0.05) is 34.5 Å². The maximum absolute atomic E-state index is 17.8. The molecular formula is C61H88F2N2O20. The van der Waals surface area contributed by atoms with E-state index in [2.05, 4.69) is 5.32 Å². The molecule has 0 bridgehead atoms. The number of ketones is 2. The molecule has 4 fully saturated rings. The van der Waals surface area contributed by atoms with Gasteiger partial charge < -0.3 is 92.3 Å². The number of fused-ring (bicyclic) bond motifs is 7. The van der Waals surface area contributed by atoms with E-state index in [1.54, 1.807) is 55.5 Å². The van der Waals surface area contributed by atoms with Crippen LogP contribution in [-0.4, -0.2) is 229 Å². The lowest BCUT2D eigenvalue weighted by atomic mass is 9.44. The van der Waals surface area contributed by atoms with E-state index < -0.39 is 76.8 Å². The van der Waals surface area contributed by atoms with Gasteiger partial charge in [-0.25, -0.2) is 8.78 Å². The van der Waals surface area contributed by atoms with Crippen LogP contribution in [0.4, 0.5) is 14.5 Å². The number of hydrogen-bond donors (Lipinski definition) is 4. The van der Waals surface area contributed by atoms with Gasteiger partial charge in [-0.1, -0.05) is 25.1 Å². The van der Waals surface area contributed by atoms with Crippen molar-refractivity contribution in [2.75, 3.05) is 177 Å².